The Morgan fingerprint density at radius 1 is 1.00 bits per heavy atom. The highest BCUT2D eigenvalue weighted by molar-refractivity contribution is 5.80. The maximum Gasteiger partial charge on any atom is 0.160 e. The topological polar surface area (TPSA) is 33.4 Å². The van der Waals surface area contributed by atoms with Gasteiger partial charge in [0.1, 0.15) is 0 Å². The lowest BCUT2D eigenvalue weighted by atomic mass is 10.2. The third kappa shape index (κ3) is 3.06. The fraction of sp³-hybridized carbons (Fsp3) is 0.111. The molecule has 3 aromatic rings. The van der Waals surface area contributed by atoms with Gasteiger partial charge in [0.15, 0.2) is 5.82 Å². The first kappa shape index (κ1) is 14.1. The Kier molecular flexibility index (Phi) is 4.01. The summed E-state index contributed by atoms with van der Waals surface area (Å²) in [6.45, 7) is 0. The van der Waals surface area contributed by atoms with Gasteiger partial charge >= 0.3 is 0 Å². The number of hydrogen-bond donors (Lipinski definition) is 0. The summed E-state index contributed by atoms with van der Waals surface area (Å²) in [4.78, 5) is 6.45. The molecule has 0 aliphatic rings. The first-order valence-corrected chi connectivity index (χ1v) is 7.14. The molecule has 2 aromatic carbocycles. The van der Waals surface area contributed by atoms with Crippen molar-refractivity contribution in [2.24, 2.45) is 5.10 Å². The quantitative estimate of drug-likeness (QED) is 0.689. The molecular weight excluding hydrogens is 272 g/mol. The van der Waals surface area contributed by atoms with Crippen LogP contribution in [0.4, 0.5) is 5.69 Å². The Hall–Kier alpha value is -2.88. The van der Waals surface area contributed by atoms with Gasteiger partial charge in [0.2, 0.25) is 0 Å². The Bertz CT molecular complexity index is 755. The zero-order valence-electron chi connectivity index (χ0n) is 12.7. The highest BCUT2D eigenvalue weighted by Gasteiger charge is 2.03. The van der Waals surface area contributed by atoms with E-state index in [1.165, 1.54) is 5.69 Å². The summed E-state index contributed by atoms with van der Waals surface area (Å²) in [7, 11) is 4.06. The van der Waals surface area contributed by atoms with Crippen LogP contribution < -0.4 is 4.90 Å². The van der Waals surface area contributed by atoms with E-state index in [1.54, 1.807) is 10.9 Å². The van der Waals surface area contributed by atoms with E-state index in [1.807, 2.05) is 56.8 Å². The average Bonchev–Trinajstić information content (AvgIpc) is 3.02. The van der Waals surface area contributed by atoms with Crippen LogP contribution in [0.3, 0.4) is 0 Å². The molecule has 0 aliphatic carbocycles. The number of anilines is 1. The lowest BCUT2D eigenvalue weighted by Gasteiger charge is -2.11. The standard InChI is InChI=1S/C18H18N4/c1-21(2)17-10-8-15(9-11-17)14-20-22-13-12-19-18(22)16-6-4-3-5-7-16/h3-14H,1-2H3/b20-14+. The van der Waals surface area contributed by atoms with Crippen molar-refractivity contribution in [2.75, 3.05) is 19.0 Å². The maximum atomic E-state index is 4.50. The molecule has 4 nitrogen and oxygen atoms in total. The lowest BCUT2D eigenvalue weighted by Crippen LogP contribution is -2.08. The van der Waals surface area contributed by atoms with Gasteiger partial charge < -0.3 is 4.90 Å². The fourth-order valence-electron chi connectivity index (χ4n) is 2.17. The number of rotatable bonds is 4. The van der Waals surface area contributed by atoms with Gasteiger partial charge in [0, 0.05) is 37.7 Å². The smallest absolute Gasteiger partial charge is 0.160 e. The molecule has 110 valence electrons. The van der Waals surface area contributed by atoms with Gasteiger partial charge in [0.25, 0.3) is 0 Å². The monoisotopic (exact) mass is 290 g/mol. The van der Waals surface area contributed by atoms with Crippen molar-refractivity contribution < 1.29 is 0 Å². The maximum absolute atomic E-state index is 4.50. The summed E-state index contributed by atoms with van der Waals surface area (Å²) < 4.78 is 1.79. The van der Waals surface area contributed by atoms with E-state index in [0.717, 1.165) is 17.0 Å². The van der Waals surface area contributed by atoms with Crippen molar-refractivity contribution in [1.29, 1.82) is 0 Å². The number of nitrogens with zero attached hydrogens (tertiary/aromatic N) is 4. The summed E-state index contributed by atoms with van der Waals surface area (Å²) in [5, 5.41) is 4.50. The Labute approximate surface area is 130 Å². The van der Waals surface area contributed by atoms with Crippen LogP contribution in [0.15, 0.2) is 72.1 Å². The Morgan fingerprint density at radius 3 is 2.41 bits per heavy atom. The highest BCUT2D eigenvalue weighted by atomic mass is 15.4. The van der Waals surface area contributed by atoms with Crippen LogP contribution in [-0.2, 0) is 0 Å². The van der Waals surface area contributed by atoms with Gasteiger partial charge in [-0.25, -0.2) is 9.66 Å². The van der Waals surface area contributed by atoms with Crippen LogP contribution in [0.1, 0.15) is 5.56 Å². The van der Waals surface area contributed by atoms with Crippen molar-refractivity contribution in [1.82, 2.24) is 9.66 Å². The second-order valence-electron chi connectivity index (χ2n) is 5.19. The summed E-state index contributed by atoms with van der Waals surface area (Å²) in [6.07, 6.45) is 5.45. The summed E-state index contributed by atoms with van der Waals surface area (Å²) in [6, 6.07) is 18.3. The molecule has 0 atom stereocenters. The van der Waals surface area contributed by atoms with E-state index in [0.29, 0.717) is 0 Å². The van der Waals surface area contributed by atoms with Crippen LogP contribution in [0, 0.1) is 0 Å². The fourth-order valence-corrected chi connectivity index (χ4v) is 2.17. The molecule has 0 amide bonds. The van der Waals surface area contributed by atoms with Crippen molar-refractivity contribution in [2.45, 2.75) is 0 Å². The molecule has 0 radical (unpaired) electrons. The lowest BCUT2D eigenvalue weighted by molar-refractivity contribution is 0.893. The normalized spacial score (nSPS) is 11.0. The largest absolute Gasteiger partial charge is 0.378 e. The van der Waals surface area contributed by atoms with E-state index in [4.69, 9.17) is 0 Å². The van der Waals surface area contributed by atoms with E-state index >= 15 is 0 Å². The molecule has 3 rings (SSSR count). The first-order valence-electron chi connectivity index (χ1n) is 7.14. The van der Waals surface area contributed by atoms with Crippen molar-refractivity contribution in [3.8, 4) is 11.4 Å². The van der Waals surface area contributed by atoms with Gasteiger partial charge in [0.05, 0.1) is 6.21 Å². The molecule has 4 heteroatoms. The molecule has 1 heterocycles. The van der Waals surface area contributed by atoms with Gasteiger partial charge in [-0.15, -0.1) is 0 Å². The molecule has 0 saturated heterocycles. The molecular formula is C18H18N4. The van der Waals surface area contributed by atoms with Crippen molar-refractivity contribution >= 4 is 11.9 Å². The van der Waals surface area contributed by atoms with E-state index < -0.39 is 0 Å². The van der Waals surface area contributed by atoms with E-state index in [-0.39, 0.29) is 0 Å². The van der Waals surface area contributed by atoms with Gasteiger partial charge in [-0.05, 0) is 17.7 Å². The second kappa shape index (κ2) is 6.26. The third-order valence-electron chi connectivity index (χ3n) is 3.39. The molecule has 0 bridgehead atoms. The SMILES string of the molecule is CN(C)c1ccc(/C=N/n2ccnc2-c2ccccc2)cc1. The molecule has 0 N–H and O–H groups in total. The van der Waals surface area contributed by atoms with Crippen molar-refractivity contribution in [3.63, 3.8) is 0 Å². The molecule has 0 unspecified atom stereocenters. The molecule has 0 fully saturated rings. The van der Waals surface area contributed by atoms with Crippen LogP contribution in [0.25, 0.3) is 11.4 Å². The molecule has 22 heavy (non-hydrogen) atoms. The minimum Gasteiger partial charge on any atom is -0.378 e. The van der Waals surface area contributed by atoms with Crippen LogP contribution in [-0.4, -0.2) is 30.0 Å². The molecule has 0 spiro atoms. The number of hydrogen-bond acceptors (Lipinski definition) is 3. The predicted molar refractivity (Wildman–Crippen MR) is 91.4 cm³/mol. The summed E-state index contributed by atoms with van der Waals surface area (Å²) in [5.41, 5.74) is 3.27. The minimum atomic E-state index is 0.835. The van der Waals surface area contributed by atoms with E-state index in [9.17, 15) is 0 Å². The Morgan fingerprint density at radius 2 is 1.73 bits per heavy atom. The zero-order chi connectivity index (χ0) is 15.4. The van der Waals surface area contributed by atoms with Gasteiger partial charge in [-0.2, -0.15) is 5.10 Å². The van der Waals surface area contributed by atoms with Gasteiger partial charge in [-0.1, -0.05) is 42.5 Å². The number of benzene rings is 2. The van der Waals surface area contributed by atoms with Gasteiger partial charge in [-0.3, -0.25) is 0 Å². The predicted octanol–water partition coefficient (Wildman–Crippen LogP) is 3.50. The first-order chi connectivity index (χ1) is 10.7. The summed E-state index contributed by atoms with van der Waals surface area (Å²) in [5.74, 6) is 0.835. The molecule has 0 aliphatic heterocycles. The van der Waals surface area contributed by atoms with Crippen LogP contribution in [0.2, 0.25) is 0 Å². The highest BCUT2D eigenvalue weighted by Crippen LogP contribution is 2.16. The van der Waals surface area contributed by atoms with E-state index in [2.05, 4.69) is 39.3 Å². The van der Waals surface area contributed by atoms with Crippen molar-refractivity contribution in [3.05, 3.63) is 72.6 Å². The second-order valence-corrected chi connectivity index (χ2v) is 5.19. The Balaban J connectivity index is 1.83. The number of aromatic nitrogens is 2. The molecule has 1 aromatic heterocycles. The van der Waals surface area contributed by atoms with Crippen LogP contribution >= 0.6 is 0 Å². The zero-order valence-corrected chi connectivity index (χ0v) is 12.7. The molecule has 0 saturated carbocycles. The average molecular weight is 290 g/mol. The third-order valence-corrected chi connectivity index (χ3v) is 3.39. The minimum absolute atomic E-state index is 0.835. The van der Waals surface area contributed by atoms with Crippen LogP contribution in [0.5, 0.6) is 0 Å². The summed E-state index contributed by atoms with van der Waals surface area (Å²) >= 11 is 0. The number of imidazole rings is 1.